The fourth-order valence-corrected chi connectivity index (χ4v) is 2.97. The smallest absolute Gasteiger partial charge is 0.337 e. The van der Waals surface area contributed by atoms with Crippen LogP contribution in [0.3, 0.4) is 0 Å². The molecule has 1 aliphatic heterocycles. The van der Waals surface area contributed by atoms with Gasteiger partial charge in [-0.15, -0.1) is 0 Å². The van der Waals surface area contributed by atoms with Crippen LogP contribution in [-0.4, -0.2) is 52.7 Å². The van der Waals surface area contributed by atoms with E-state index in [1.165, 1.54) is 17.7 Å². The van der Waals surface area contributed by atoms with Crippen LogP contribution in [0.4, 0.5) is 0 Å². The van der Waals surface area contributed by atoms with Crippen LogP contribution in [0.1, 0.15) is 32.1 Å². The molecule has 2 aromatic rings. The number of aryl methyl sites for hydroxylation is 1. The van der Waals surface area contributed by atoms with Gasteiger partial charge < -0.3 is 14.7 Å². The van der Waals surface area contributed by atoms with Crippen LogP contribution in [-0.2, 0) is 11.2 Å². The van der Waals surface area contributed by atoms with Crippen LogP contribution in [0.5, 0.6) is 0 Å². The lowest BCUT2D eigenvalue weighted by molar-refractivity contribution is -0.0210. The molecule has 0 saturated carbocycles. The number of morpholine rings is 1. The second-order valence-corrected chi connectivity index (χ2v) is 6.07. The summed E-state index contributed by atoms with van der Waals surface area (Å²) in [7, 11) is 0. The molecule has 1 fully saturated rings. The van der Waals surface area contributed by atoms with Crippen molar-refractivity contribution in [2.75, 3.05) is 19.7 Å². The van der Waals surface area contributed by atoms with E-state index in [0.29, 0.717) is 25.4 Å². The van der Waals surface area contributed by atoms with Crippen molar-refractivity contribution in [3.05, 3.63) is 65.0 Å². The van der Waals surface area contributed by atoms with E-state index < -0.39 is 5.97 Å². The molecule has 0 aliphatic carbocycles. The number of carbonyl (C=O) groups excluding carboxylic acids is 1. The number of hydrogen-bond donors (Lipinski definition) is 1. The number of rotatable bonds is 4. The van der Waals surface area contributed by atoms with Crippen molar-refractivity contribution in [1.29, 1.82) is 0 Å². The average molecular weight is 340 g/mol. The Labute approximate surface area is 146 Å². The Hall–Kier alpha value is -2.73. The van der Waals surface area contributed by atoms with Gasteiger partial charge in [0.2, 0.25) is 0 Å². The number of carboxylic acid groups (broad SMARTS) is 1. The third-order valence-electron chi connectivity index (χ3n) is 4.27. The summed E-state index contributed by atoms with van der Waals surface area (Å²) >= 11 is 0. The number of nitrogens with zero attached hydrogens (tertiary/aromatic N) is 2. The molecule has 25 heavy (non-hydrogen) atoms. The molecule has 6 nitrogen and oxygen atoms in total. The molecule has 1 amide bonds. The number of carboxylic acids is 1. The van der Waals surface area contributed by atoms with Gasteiger partial charge in [-0.3, -0.25) is 4.79 Å². The quantitative estimate of drug-likeness (QED) is 0.923. The first kappa shape index (κ1) is 17.1. The fraction of sp³-hybridized carbons (Fsp3) is 0.316. The Kier molecular flexibility index (Phi) is 5.09. The molecular weight excluding hydrogens is 320 g/mol. The van der Waals surface area contributed by atoms with Crippen molar-refractivity contribution >= 4 is 11.9 Å². The lowest BCUT2D eigenvalue weighted by Gasteiger charge is -2.33. The highest BCUT2D eigenvalue weighted by atomic mass is 16.5. The number of amides is 1. The van der Waals surface area contributed by atoms with E-state index in [1.807, 2.05) is 30.3 Å². The Morgan fingerprint density at radius 2 is 2.00 bits per heavy atom. The number of ether oxygens (including phenoxy) is 1. The monoisotopic (exact) mass is 340 g/mol. The molecule has 2 heterocycles. The van der Waals surface area contributed by atoms with Crippen LogP contribution in [0.25, 0.3) is 0 Å². The van der Waals surface area contributed by atoms with Gasteiger partial charge in [-0.25, -0.2) is 9.78 Å². The summed E-state index contributed by atoms with van der Waals surface area (Å²) in [5, 5.41) is 9.07. The topological polar surface area (TPSA) is 79.7 Å². The third-order valence-corrected chi connectivity index (χ3v) is 4.27. The fourth-order valence-electron chi connectivity index (χ4n) is 2.97. The molecular formula is C19H20N2O4. The predicted octanol–water partition coefficient (Wildman–Crippen LogP) is 2.17. The summed E-state index contributed by atoms with van der Waals surface area (Å²) in [4.78, 5) is 29.6. The maximum Gasteiger partial charge on any atom is 0.337 e. The van der Waals surface area contributed by atoms with E-state index in [2.05, 4.69) is 4.98 Å². The van der Waals surface area contributed by atoms with Gasteiger partial charge in [-0.1, -0.05) is 30.3 Å². The van der Waals surface area contributed by atoms with Crippen LogP contribution >= 0.6 is 0 Å². The first-order valence-electron chi connectivity index (χ1n) is 8.20. The second kappa shape index (κ2) is 7.44. The number of carbonyl (C=O) groups is 2. The van der Waals surface area contributed by atoms with Gasteiger partial charge in [0.25, 0.3) is 5.91 Å². The summed E-state index contributed by atoms with van der Waals surface area (Å²) < 4.78 is 5.78. The lowest BCUT2D eigenvalue weighted by atomic mass is 10.1. The van der Waals surface area contributed by atoms with Crippen LogP contribution in [0.15, 0.2) is 42.5 Å². The van der Waals surface area contributed by atoms with Crippen molar-refractivity contribution in [2.45, 2.75) is 19.4 Å². The number of benzene rings is 1. The SMILES string of the molecule is Cc1nc(C(=O)N2CCOC(Cc3ccccc3)C2)ccc1C(=O)O. The Balaban J connectivity index is 1.69. The predicted molar refractivity (Wildman–Crippen MR) is 91.7 cm³/mol. The highest BCUT2D eigenvalue weighted by Crippen LogP contribution is 2.15. The zero-order valence-corrected chi connectivity index (χ0v) is 14.0. The van der Waals surface area contributed by atoms with Crippen molar-refractivity contribution in [2.24, 2.45) is 0 Å². The molecule has 1 aromatic carbocycles. The van der Waals surface area contributed by atoms with E-state index in [1.54, 1.807) is 11.8 Å². The summed E-state index contributed by atoms with van der Waals surface area (Å²) in [6, 6.07) is 12.9. The largest absolute Gasteiger partial charge is 0.478 e. The molecule has 1 saturated heterocycles. The number of aromatic nitrogens is 1. The van der Waals surface area contributed by atoms with Gasteiger partial charge in [-0.05, 0) is 24.6 Å². The summed E-state index contributed by atoms with van der Waals surface area (Å²) in [5.74, 6) is -1.24. The zero-order chi connectivity index (χ0) is 17.8. The normalized spacial score (nSPS) is 17.3. The van der Waals surface area contributed by atoms with Crippen molar-refractivity contribution in [3.63, 3.8) is 0 Å². The number of aromatic carboxylic acids is 1. The van der Waals surface area contributed by atoms with Crippen LogP contribution in [0.2, 0.25) is 0 Å². The Morgan fingerprint density at radius 1 is 1.24 bits per heavy atom. The van der Waals surface area contributed by atoms with Gasteiger partial charge in [0.1, 0.15) is 5.69 Å². The standard InChI is InChI=1S/C19H20N2O4/c1-13-16(19(23)24)7-8-17(20-13)18(22)21-9-10-25-15(12-21)11-14-5-3-2-4-6-14/h2-8,15H,9-12H2,1H3,(H,23,24). The van der Waals surface area contributed by atoms with Gasteiger partial charge >= 0.3 is 5.97 Å². The summed E-state index contributed by atoms with van der Waals surface area (Å²) in [6.45, 7) is 3.08. The maximum atomic E-state index is 12.7. The van der Waals surface area contributed by atoms with Crippen molar-refractivity contribution < 1.29 is 19.4 Å². The molecule has 6 heteroatoms. The summed E-state index contributed by atoms with van der Waals surface area (Å²) in [6.07, 6.45) is 0.689. The van der Waals surface area contributed by atoms with E-state index >= 15 is 0 Å². The maximum absolute atomic E-state index is 12.7. The lowest BCUT2D eigenvalue weighted by Crippen LogP contribution is -2.46. The van der Waals surface area contributed by atoms with Crippen LogP contribution in [0, 0.1) is 6.92 Å². The van der Waals surface area contributed by atoms with Gasteiger partial charge in [0, 0.05) is 19.5 Å². The van der Waals surface area contributed by atoms with Gasteiger partial charge in [-0.2, -0.15) is 0 Å². The number of pyridine rings is 1. The van der Waals surface area contributed by atoms with E-state index in [0.717, 1.165) is 6.42 Å². The van der Waals surface area contributed by atoms with E-state index in [-0.39, 0.29) is 23.3 Å². The van der Waals surface area contributed by atoms with Gasteiger partial charge in [0.05, 0.1) is 24.0 Å². The molecule has 1 atom stereocenters. The molecule has 130 valence electrons. The average Bonchev–Trinajstić information content (AvgIpc) is 2.62. The first-order valence-corrected chi connectivity index (χ1v) is 8.20. The molecule has 1 aromatic heterocycles. The molecule has 3 rings (SSSR count). The van der Waals surface area contributed by atoms with E-state index in [4.69, 9.17) is 9.84 Å². The van der Waals surface area contributed by atoms with Gasteiger partial charge in [0.15, 0.2) is 0 Å². The Bertz CT molecular complexity index is 776. The highest BCUT2D eigenvalue weighted by Gasteiger charge is 2.26. The van der Waals surface area contributed by atoms with E-state index in [9.17, 15) is 9.59 Å². The molecule has 0 radical (unpaired) electrons. The minimum absolute atomic E-state index is 0.0560. The van der Waals surface area contributed by atoms with Crippen LogP contribution < -0.4 is 0 Å². The minimum atomic E-state index is -1.04. The highest BCUT2D eigenvalue weighted by molar-refractivity contribution is 5.94. The molecule has 0 spiro atoms. The second-order valence-electron chi connectivity index (χ2n) is 6.07. The molecule has 0 bridgehead atoms. The van der Waals surface area contributed by atoms with Crippen molar-refractivity contribution in [3.8, 4) is 0 Å². The molecule has 1 unspecified atom stereocenters. The molecule has 1 aliphatic rings. The first-order chi connectivity index (χ1) is 12.0. The zero-order valence-electron chi connectivity index (χ0n) is 14.0. The molecule has 1 N–H and O–H groups in total. The summed E-state index contributed by atoms with van der Waals surface area (Å²) in [5.41, 5.74) is 1.89. The Morgan fingerprint density at radius 3 is 2.68 bits per heavy atom. The third kappa shape index (κ3) is 4.03. The van der Waals surface area contributed by atoms with Crippen molar-refractivity contribution in [1.82, 2.24) is 9.88 Å². The number of hydrogen-bond acceptors (Lipinski definition) is 4. The minimum Gasteiger partial charge on any atom is -0.478 e.